The maximum absolute atomic E-state index is 11.6. The van der Waals surface area contributed by atoms with Crippen LogP contribution < -0.4 is 0 Å². The van der Waals surface area contributed by atoms with Crippen LogP contribution in [0.2, 0.25) is 0 Å². The highest BCUT2D eigenvalue weighted by Gasteiger charge is 2.30. The summed E-state index contributed by atoms with van der Waals surface area (Å²) in [4.78, 5) is 0. The van der Waals surface area contributed by atoms with E-state index in [9.17, 15) is 5.11 Å². The molecule has 0 heterocycles. The molecule has 0 fully saturated rings. The molecule has 0 aliphatic heterocycles. The van der Waals surface area contributed by atoms with Crippen molar-refractivity contribution >= 4 is 10.8 Å². The van der Waals surface area contributed by atoms with Crippen molar-refractivity contribution in [2.75, 3.05) is 0 Å². The van der Waals surface area contributed by atoms with Crippen LogP contribution >= 0.6 is 0 Å². The van der Waals surface area contributed by atoms with Crippen molar-refractivity contribution in [1.29, 1.82) is 0 Å². The Hall–Kier alpha value is -2.12. The number of benzene rings is 3. The number of hydrogen-bond acceptors (Lipinski definition) is 1. The second-order valence-corrected chi connectivity index (χ2v) is 6.32. The van der Waals surface area contributed by atoms with Gasteiger partial charge in [-0.3, -0.25) is 0 Å². The molecule has 0 bridgehead atoms. The predicted molar refractivity (Wildman–Crippen MR) is 97.5 cm³/mol. The van der Waals surface area contributed by atoms with Gasteiger partial charge in [0, 0.05) is 6.42 Å². The summed E-state index contributed by atoms with van der Waals surface area (Å²) < 4.78 is 0. The highest BCUT2D eigenvalue weighted by atomic mass is 16.3. The minimum Gasteiger partial charge on any atom is -0.385 e. The number of rotatable bonds is 6. The summed E-state index contributed by atoms with van der Waals surface area (Å²) in [7, 11) is 0. The summed E-state index contributed by atoms with van der Waals surface area (Å²) >= 11 is 0. The topological polar surface area (TPSA) is 20.2 Å². The van der Waals surface area contributed by atoms with Crippen LogP contribution in [0.1, 0.15) is 37.3 Å². The fourth-order valence-electron chi connectivity index (χ4n) is 3.35. The minimum absolute atomic E-state index is 0.655. The minimum atomic E-state index is -0.821. The van der Waals surface area contributed by atoms with E-state index < -0.39 is 5.60 Å². The van der Waals surface area contributed by atoms with Gasteiger partial charge in [0.1, 0.15) is 0 Å². The summed E-state index contributed by atoms with van der Waals surface area (Å²) in [5.41, 5.74) is 1.41. The van der Waals surface area contributed by atoms with Gasteiger partial charge < -0.3 is 5.11 Å². The molecule has 1 nitrogen and oxygen atoms in total. The van der Waals surface area contributed by atoms with Gasteiger partial charge in [-0.05, 0) is 28.3 Å². The van der Waals surface area contributed by atoms with Crippen molar-refractivity contribution < 1.29 is 5.11 Å². The molecule has 0 aliphatic carbocycles. The Kier molecular flexibility index (Phi) is 4.78. The van der Waals surface area contributed by atoms with Crippen LogP contribution in [-0.4, -0.2) is 5.11 Å². The first-order valence-corrected chi connectivity index (χ1v) is 8.47. The lowest BCUT2D eigenvalue weighted by atomic mass is 9.81. The van der Waals surface area contributed by atoms with Crippen LogP contribution in [0.15, 0.2) is 72.8 Å². The van der Waals surface area contributed by atoms with Crippen molar-refractivity contribution in [3.8, 4) is 0 Å². The number of unbranched alkanes of at least 4 members (excludes halogenated alkanes) is 1. The molecule has 0 spiro atoms. The van der Waals surface area contributed by atoms with E-state index in [1.165, 1.54) is 10.9 Å². The average molecular weight is 304 g/mol. The lowest BCUT2D eigenvalue weighted by molar-refractivity contribution is 0.0269. The first-order valence-electron chi connectivity index (χ1n) is 8.47. The van der Waals surface area contributed by atoms with E-state index in [0.29, 0.717) is 6.42 Å². The summed E-state index contributed by atoms with van der Waals surface area (Å²) in [5, 5.41) is 13.9. The fraction of sp³-hybridized carbons (Fsp3) is 0.273. The third kappa shape index (κ3) is 3.46. The van der Waals surface area contributed by atoms with Crippen molar-refractivity contribution in [1.82, 2.24) is 0 Å². The molecule has 1 atom stereocenters. The van der Waals surface area contributed by atoms with Crippen LogP contribution in [0.4, 0.5) is 0 Å². The second kappa shape index (κ2) is 6.97. The zero-order chi connectivity index (χ0) is 16.1. The Morgan fingerprint density at radius 1 is 0.826 bits per heavy atom. The van der Waals surface area contributed by atoms with E-state index in [2.05, 4.69) is 61.5 Å². The Bertz CT molecular complexity index is 758. The van der Waals surface area contributed by atoms with Gasteiger partial charge in [0.2, 0.25) is 0 Å². The zero-order valence-electron chi connectivity index (χ0n) is 13.7. The van der Waals surface area contributed by atoms with Crippen LogP contribution in [0.3, 0.4) is 0 Å². The molecule has 0 aliphatic rings. The zero-order valence-corrected chi connectivity index (χ0v) is 13.7. The van der Waals surface area contributed by atoms with E-state index in [0.717, 1.165) is 30.2 Å². The molecule has 0 saturated carbocycles. The number of hydrogen-bond donors (Lipinski definition) is 1. The highest BCUT2D eigenvalue weighted by Crippen LogP contribution is 2.35. The van der Waals surface area contributed by atoms with Gasteiger partial charge in [-0.2, -0.15) is 0 Å². The molecule has 0 radical (unpaired) electrons. The van der Waals surface area contributed by atoms with Crippen LogP contribution in [-0.2, 0) is 12.0 Å². The molecule has 118 valence electrons. The largest absolute Gasteiger partial charge is 0.385 e. The second-order valence-electron chi connectivity index (χ2n) is 6.32. The molecule has 3 aromatic rings. The summed E-state index contributed by atoms with van der Waals surface area (Å²) in [6.45, 7) is 2.17. The van der Waals surface area contributed by atoms with Crippen LogP contribution in [0.5, 0.6) is 0 Å². The van der Waals surface area contributed by atoms with Crippen molar-refractivity contribution in [2.24, 2.45) is 0 Å². The lowest BCUT2D eigenvalue weighted by Gasteiger charge is -2.30. The maximum Gasteiger partial charge on any atom is 0.0942 e. The average Bonchev–Trinajstić information content (AvgIpc) is 2.60. The van der Waals surface area contributed by atoms with E-state index in [1.807, 2.05) is 18.2 Å². The molecule has 23 heavy (non-hydrogen) atoms. The Balaban J connectivity index is 2.06. The lowest BCUT2D eigenvalue weighted by Crippen LogP contribution is -2.29. The molecule has 0 amide bonds. The van der Waals surface area contributed by atoms with Gasteiger partial charge in [0.25, 0.3) is 0 Å². The van der Waals surface area contributed by atoms with Gasteiger partial charge in [-0.1, -0.05) is 92.6 Å². The maximum atomic E-state index is 11.6. The molecule has 3 aromatic carbocycles. The van der Waals surface area contributed by atoms with Crippen molar-refractivity contribution in [3.05, 3.63) is 83.9 Å². The quantitative estimate of drug-likeness (QED) is 0.641. The molecule has 1 N–H and O–H groups in total. The number of aliphatic hydroxyl groups is 1. The smallest absolute Gasteiger partial charge is 0.0942 e. The first-order chi connectivity index (χ1) is 11.2. The summed E-state index contributed by atoms with van der Waals surface area (Å²) in [5.74, 6) is 0. The fourth-order valence-corrected chi connectivity index (χ4v) is 3.35. The van der Waals surface area contributed by atoms with E-state index in [-0.39, 0.29) is 0 Å². The molecule has 1 heteroatoms. The molecular formula is C22H24O. The molecular weight excluding hydrogens is 280 g/mol. The van der Waals surface area contributed by atoms with E-state index in [1.54, 1.807) is 0 Å². The first kappa shape index (κ1) is 15.8. The predicted octanol–water partition coefficient (Wildman–Crippen LogP) is 5.46. The monoisotopic (exact) mass is 304 g/mol. The Labute approximate surface area is 138 Å². The van der Waals surface area contributed by atoms with Gasteiger partial charge in [-0.25, -0.2) is 0 Å². The van der Waals surface area contributed by atoms with Crippen molar-refractivity contribution in [3.63, 3.8) is 0 Å². The SMILES string of the molecule is CCCCC(O)(Cc1ccccc1)c1cccc2ccccc12. The van der Waals surface area contributed by atoms with Gasteiger partial charge in [0.05, 0.1) is 5.60 Å². The Morgan fingerprint density at radius 2 is 1.52 bits per heavy atom. The van der Waals surface area contributed by atoms with E-state index >= 15 is 0 Å². The highest BCUT2D eigenvalue weighted by molar-refractivity contribution is 5.86. The van der Waals surface area contributed by atoms with Gasteiger partial charge in [0.15, 0.2) is 0 Å². The van der Waals surface area contributed by atoms with Crippen LogP contribution in [0, 0.1) is 0 Å². The van der Waals surface area contributed by atoms with Gasteiger partial charge in [-0.15, -0.1) is 0 Å². The molecule has 0 aromatic heterocycles. The third-order valence-electron chi connectivity index (χ3n) is 4.57. The van der Waals surface area contributed by atoms with Gasteiger partial charge >= 0.3 is 0 Å². The van der Waals surface area contributed by atoms with E-state index in [4.69, 9.17) is 0 Å². The third-order valence-corrected chi connectivity index (χ3v) is 4.57. The number of fused-ring (bicyclic) bond motifs is 1. The molecule has 1 unspecified atom stereocenters. The normalized spacial score (nSPS) is 13.8. The molecule has 3 rings (SSSR count). The summed E-state index contributed by atoms with van der Waals surface area (Å²) in [6, 6.07) is 24.9. The standard InChI is InChI=1S/C22H24O/c1-2-3-16-22(23,17-18-10-5-4-6-11-18)21-15-9-13-19-12-7-8-14-20(19)21/h4-15,23H,2-3,16-17H2,1H3. The molecule has 0 saturated heterocycles. The van der Waals surface area contributed by atoms with Crippen LogP contribution in [0.25, 0.3) is 10.8 Å². The summed E-state index contributed by atoms with van der Waals surface area (Å²) in [6.07, 6.45) is 3.54. The Morgan fingerprint density at radius 3 is 2.30 bits per heavy atom. The van der Waals surface area contributed by atoms with Crippen molar-refractivity contribution in [2.45, 2.75) is 38.2 Å².